The van der Waals surface area contributed by atoms with Crippen molar-refractivity contribution in [1.82, 2.24) is 0 Å². The Kier molecular flexibility index (Phi) is 2.70. The summed E-state index contributed by atoms with van der Waals surface area (Å²) in [6, 6.07) is 1.92. The molecule has 0 saturated heterocycles. The Hall–Kier alpha value is -1.76. The van der Waals surface area contributed by atoms with Crippen LogP contribution in [0, 0.1) is 11.3 Å². The van der Waals surface area contributed by atoms with Crippen LogP contribution in [0.1, 0.15) is 6.42 Å². The molecule has 0 aromatic rings. The fraction of sp³-hybridized carbons (Fsp3) is 0.333. The van der Waals surface area contributed by atoms with Crippen LogP contribution in [0.25, 0.3) is 0 Å². The summed E-state index contributed by atoms with van der Waals surface area (Å²) in [6.07, 6.45) is 1.57. The number of nitriles is 1. The minimum Gasteiger partial charge on any atom is -0.504 e. The molecule has 1 aliphatic carbocycles. The zero-order chi connectivity index (χ0) is 9.84. The van der Waals surface area contributed by atoms with Gasteiger partial charge in [0.05, 0.1) is 20.5 Å². The molecule has 0 amide bonds. The summed E-state index contributed by atoms with van der Waals surface area (Å²) in [4.78, 5) is 11.2. The molecule has 0 aromatic heterocycles. The number of hydrogen-bond donors (Lipinski definition) is 0. The van der Waals surface area contributed by atoms with Crippen molar-refractivity contribution < 1.29 is 14.3 Å². The minimum atomic E-state index is -0.178. The second-order valence-electron chi connectivity index (χ2n) is 2.50. The van der Waals surface area contributed by atoms with E-state index in [1.54, 1.807) is 0 Å². The van der Waals surface area contributed by atoms with Gasteiger partial charge >= 0.3 is 0 Å². The summed E-state index contributed by atoms with van der Waals surface area (Å²) in [5, 5.41) is 8.75. The van der Waals surface area contributed by atoms with Gasteiger partial charge in [0, 0.05) is 12.0 Å². The van der Waals surface area contributed by atoms with Crippen LogP contribution >= 0.6 is 0 Å². The Morgan fingerprint density at radius 2 is 2.23 bits per heavy atom. The van der Waals surface area contributed by atoms with Gasteiger partial charge in [-0.2, -0.15) is 5.26 Å². The van der Waals surface area contributed by atoms with Gasteiger partial charge in [0.15, 0.2) is 5.76 Å². The Morgan fingerprint density at radius 1 is 1.54 bits per heavy atom. The van der Waals surface area contributed by atoms with Crippen molar-refractivity contribution >= 4 is 5.78 Å². The Labute approximate surface area is 76.1 Å². The first kappa shape index (κ1) is 9.33. The summed E-state index contributed by atoms with van der Waals surface area (Å²) in [5.41, 5.74) is 0.848. The molecule has 1 aliphatic rings. The van der Waals surface area contributed by atoms with E-state index in [0.29, 0.717) is 5.57 Å². The molecule has 0 heterocycles. The first-order valence-corrected chi connectivity index (χ1v) is 3.68. The largest absolute Gasteiger partial charge is 0.504 e. The Morgan fingerprint density at radius 3 is 2.69 bits per heavy atom. The number of rotatable bonds is 2. The van der Waals surface area contributed by atoms with Crippen LogP contribution in [0.15, 0.2) is 23.2 Å². The van der Waals surface area contributed by atoms with E-state index in [2.05, 4.69) is 0 Å². The smallest absolute Gasteiger partial charge is 0.203 e. The first-order valence-electron chi connectivity index (χ1n) is 3.68. The lowest BCUT2D eigenvalue weighted by atomic mass is 10.1. The van der Waals surface area contributed by atoms with Gasteiger partial charge in [-0.25, -0.2) is 0 Å². The number of carbonyl (C=O) groups is 1. The van der Waals surface area contributed by atoms with Gasteiger partial charge < -0.3 is 9.47 Å². The predicted octanol–water partition coefficient (Wildman–Crippen LogP) is 0.914. The third-order valence-corrected chi connectivity index (χ3v) is 1.73. The van der Waals surface area contributed by atoms with Crippen molar-refractivity contribution in [3.63, 3.8) is 0 Å². The molecule has 0 spiro atoms. The SMILES string of the molecule is COC=C1CC(=O)C(OC)=C1C#N. The van der Waals surface area contributed by atoms with Crippen molar-refractivity contribution in [2.45, 2.75) is 6.42 Å². The molecule has 0 bridgehead atoms. The third-order valence-electron chi connectivity index (χ3n) is 1.73. The molecule has 0 N–H and O–H groups in total. The van der Waals surface area contributed by atoms with Crippen LogP contribution in [0.2, 0.25) is 0 Å². The second kappa shape index (κ2) is 3.76. The maximum Gasteiger partial charge on any atom is 0.203 e. The van der Waals surface area contributed by atoms with Gasteiger partial charge in [0.1, 0.15) is 11.6 Å². The number of ether oxygens (including phenoxy) is 2. The zero-order valence-electron chi connectivity index (χ0n) is 7.46. The van der Waals surface area contributed by atoms with Gasteiger partial charge in [-0.1, -0.05) is 0 Å². The number of hydrogen-bond acceptors (Lipinski definition) is 4. The normalized spacial score (nSPS) is 19.2. The molecule has 13 heavy (non-hydrogen) atoms. The molecule has 0 radical (unpaired) electrons. The summed E-state index contributed by atoms with van der Waals surface area (Å²) in [7, 11) is 2.84. The van der Waals surface area contributed by atoms with E-state index in [-0.39, 0.29) is 23.5 Å². The van der Waals surface area contributed by atoms with Gasteiger partial charge in [0.25, 0.3) is 0 Å². The van der Waals surface area contributed by atoms with E-state index in [9.17, 15) is 4.79 Å². The molecule has 1 rings (SSSR count). The molecule has 0 atom stereocenters. The monoisotopic (exact) mass is 179 g/mol. The minimum absolute atomic E-state index is 0.130. The lowest BCUT2D eigenvalue weighted by molar-refractivity contribution is -0.117. The average molecular weight is 179 g/mol. The summed E-state index contributed by atoms with van der Waals surface area (Å²) < 4.78 is 9.56. The Bertz CT molecular complexity index is 333. The highest BCUT2D eigenvalue weighted by Crippen LogP contribution is 2.28. The molecule has 0 aromatic carbocycles. The number of methoxy groups -OCH3 is 2. The van der Waals surface area contributed by atoms with Crippen LogP contribution in [0.3, 0.4) is 0 Å². The van der Waals surface area contributed by atoms with E-state index in [1.165, 1.54) is 20.5 Å². The van der Waals surface area contributed by atoms with Crippen molar-refractivity contribution in [3.05, 3.63) is 23.2 Å². The van der Waals surface area contributed by atoms with E-state index in [0.717, 1.165) is 0 Å². The summed E-state index contributed by atoms with van der Waals surface area (Å²) >= 11 is 0. The van der Waals surface area contributed by atoms with Gasteiger partial charge in [-0.05, 0) is 0 Å². The van der Waals surface area contributed by atoms with Gasteiger partial charge in [-0.15, -0.1) is 0 Å². The molecule has 4 heteroatoms. The van der Waals surface area contributed by atoms with Gasteiger partial charge in [0.2, 0.25) is 5.78 Å². The molecule has 0 aliphatic heterocycles. The topological polar surface area (TPSA) is 59.3 Å². The van der Waals surface area contributed by atoms with E-state index in [1.807, 2.05) is 6.07 Å². The molecule has 0 unspecified atom stereocenters. The van der Waals surface area contributed by atoms with Crippen molar-refractivity contribution in [3.8, 4) is 6.07 Å². The number of allylic oxidation sites excluding steroid dienone is 3. The zero-order valence-corrected chi connectivity index (χ0v) is 7.46. The van der Waals surface area contributed by atoms with Crippen molar-refractivity contribution in [2.24, 2.45) is 0 Å². The van der Waals surface area contributed by atoms with E-state index < -0.39 is 0 Å². The molecule has 68 valence electrons. The predicted molar refractivity (Wildman–Crippen MR) is 44.4 cm³/mol. The maximum absolute atomic E-state index is 11.2. The van der Waals surface area contributed by atoms with E-state index >= 15 is 0 Å². The number of ketones is 1. The lowest BCUT2D eigenvalue weighted by Gasteiger charge is -1.96. The molecular weight excluding hydrogens is 170 g/mol. The molecule has 0 fully saturated rings. The fourth-order valence-corrected chi connectivity index (χ4v) is 1.21. The van der Waals surface area contributed by atoms with Crippen LogP contribution in [0.4, 0.5) is 0 Å². The van der Waals surface area contributed by atoms with Crippen molar-refractivity contribution in [2.75, 3.05) is 14.2 Å². The number of Topliss-reactive ketones (excluding diaryl/α,β-unsaturated/α-hetero) is 1. The highest BCUT2D eigenvalue weighted by molar-refractivity contribution is 6.02. The first-order chi connectivity index (χ1) is 6.24. The van der Waals surface area contributed by atoms with Gasteiger partial charge in [-0.3, -0.25) is 4.79 Å². The van der Waals surface area contributed by atoms with Crippen LogP contribution in [0.5, 0.6) is 0 Å². The summed E-state index contributed by atoms with van der Waals surface area (Å²) in [6.45, 7) is 0. The lowest BCUT2D eigenvalue weighted by Crippen LogP contribution is -1.97. The quantitative estimate of drug-likeness (QED) is 0.591. The molecular formula is C9H9NO3. The van der Waals surface area contributed by atoms with Crippen molar-refractivity contribution in [1.29, 1.82) is 5.26 Å². The highest BCUT2D eigenvalue weighted by Gasteiger charge is 2.28. The third kappa shape index (κ3) is 1.54. The van der Waals surface area contributed by atoms with Crippen LogP contribution in [-0.2, 0) is 14.3 Å². The molecule has 4 nitrogen and oxygen atoms in total. The highest BCUT2D eigenvalue weighted by atomic mass is 16.5. The Balaban J connectivity index is 3.12. The van der Waals surface area contributed by atoms with Crippen LogP contribution in [-0.4, -0.2) is 20.0 Å². The van der Waals surface area contributed by atoms with E-state index in [4.69, 9.17) is 14.7 Å². The fourth-order valence-electron chi connectivity index (χ4n) is 1.21. The molecule has 0 saturated carbocycles. The maximum atomic E-state index is 11.2. The average Bonchev–Trinajstić information content (AvgIpc) is 2.41. The standard InChI is InChI=1S/C9H9NO3/c1-12-5-6-3-8(11)9(13-2)7(6)4-10/h5H,3H2,1-2H3. The summed E-state index contributed by atoms with van der Waals surface area (Å²) in [5.74, 6) is -0.0480. The number of carbonyl (C=O) groups excluding carboxylic acids is 1. The number of nitrogens with zero attached hydrogens (tertiary/aromatic N) is 1. The van der Waals surface area contributed by atoms with Crippen LogP contribution < -0.4 is 0 Å². The second-order valence-corrected chi connectivity index (χ2v) is 2.50.